The normalized spacial score (nSPS) is 24.1. The first-order chi connectivity index (χ1) is 10.9. The van der Waals surface area contributed by atoms with E-state index < -0.39 is 23.5 Å². The van der Waals surface area contributed by atoms with E-state index in [1.807, 2.05) is 0 Å². The van der Waals surface area contributed by atoms with Crippen LogP contribution in [-0.2, 0) is 21.2 Å². The van der Waals surface area contributed by atoms with E-state index in [4.69, 9.17) is 0 Å². The highest BCUT2D eigenvalue weighted by molar-refractivity contribution is 7.90. The molecule has 2 atom stereocenters. The molecule has 1 N–H and O–H groups in total. The Morgan fingerprint density at radius 2 is 2.04 bits per heavy atom. The predicted octanol–water partition coefficient (Wildman–Crippen LogP) is 2.57. The Balaban J connectivity index is 2.03. The summed E-state index contributed by atoms with van der Waals surface area (Å²) in [5.74, 6) is -0.170. The van der Waals surface area contributed by atoms with Crippen LogP contribution in [0.25, 0.3) is 0 Å². The molecule has 2 unspecified atom stereocenters. The van der Waals surface area contributed by atoms with Gasteiger partial charge in [-0.1, -0.05) is 31.8 Å². The number of rotatable bonds is 5. The zero-order valence-electron chi connectivity index (χ0n) is 14.8. The second-order valence-corrected chi connectivity index (χ2v) is 15.1. The maximum atomic E-state index is 12.5. The minimum absolute atomic E-state index is 0.154. The number of hydrogen-bond acceptors (Lipinski definition) is 5. The number of carbonyl (C=O) groups is 1. The third-order valence-electron chi connectivity index (χ3n) is 4.28. The smallest absolute Gasteiger partial charge is 0.249 e. The third kappa shape index (κ3) is 4.30. The van der Waals surface area contributed by atoms with Crippen molar-refractivity contribution in [3.8, 4) is 0 Å². The van der Waals surface area contributed by atoms with Crippen molar-refractivity contribution in [2.45, 2.75) is 55.6 Å². The summed E-state index contributed by atoms with van der Waals surface area (Å²) in [5, 5.41) is 11.4. The van der Waals surface area contributed by atoms with Crippen molar-refractivity contribution < 1.29 is 13.2 Å². The quantitative estimate of drug-likeness (QED) is 0.811. The first-order valence-corrected chi connectivity index (χ1v) is 13.4. The SMILES string of the molecule is CC1(C(=O)NCc2cccc(S(C)(=O)=O)c2)CC([Si](C)(C)C)N=N1. The molecular weight excluding hydrogens is 342 g/mol. The van der Waals surface area contributed by atoms with Gasteiger partial charge in [-0.25, -0.2) is 8.42 Å². The van der Waals surface area contributed by atoms with E-state index in [9.17, 15) is 13.2 Å². The Bertz CT molecular complexity index is 771. The van der Waals surface area contributed by atoms with Crippen LogP contribution in [0.4, 0.5) is 0 Å². The predicted molar refractivity (Wildman–Crippen MR) is 96.4 cm³/mol. The lowest BCUT2D eigenvalue weighted by atomic mass is 9.99. The third-order valence-corrected chi connectivity index (χ3v) is 7.71. The molecule has 1 aliphatic heterocycles. The largest absolute Gasteiger partial charge is 0.350 e. The van der Waals surface area contributed by atoms with Crippen LogP contribution in [0.3, 0.4) is 0 Å². The standard InChI is InChI=1S/C16H25N3O3SSi/c1-16(10-14(18-19-16)24(3,4)5)15(20)17-11-12-7-6-8-13(9-12)23(2,21)22/h6-9,14H,10-11H2,1-5H3,(H,17,20). The fraction of sp³-hybridized carbons (Fsp3) is 0.562. The van der Waals surface area contributed by atoms with Gasteiger partial charge in [-0.05, 0) is 24.6 Å². The second kappa shape index (κ2) is 6.40. The second-order valence-electron chi connectivity index (χ2n) is 7.68. The average Bonchev–Trinajstić information content (AvgIpc) is 2.88. The summed E-state index contributed by atoms with van der Waals surface area (Å²) >= 11 is 0. The lowest BCUT2D eigenvalue weighted by Gasteiger charge is -2.24. The highest BCUT2D eigenvalue weighted by atomic mass is 32.2. The molecule has 2 rings (SSSR count). The molecule has 0 radical (unpaired) electrons. The van der Waals surface area contributed by atoms with E-state index in [1.54, 1.807) is 31.2 Å². The van der Waals surface area contributed by atoms with Crippen LogP contribution in [0.15, 0.2) is 39.4 Å². The molecular formula is C16H25N3O3SSi. The first-order valence-electron chi connectivity index (χ1n) is 7.91. The van der Waals surface area contributed by atoms with E-state index >= 15 is 0 Å². The molecule has 8 heteroatoms. The summed E-state index contributed by atoms with van der Waals surface area (Å²) in [6, 6.07) is 6.60. The summed E-state index contributed by atoms with van der Waals surface area (Å²) in [7, 11) is -4.74. The number of benzene rings is 1. The molecule has 1 aromatic rings. The van der Waals surface area contributed by atoms with Gasteiger partial charge >= 0.3 is 0 Å². The van der Waals surface area contributed by atoms with Crippen molar-refractivity contribution in [3.05, 3.63) is 29.8 Å². The molecule has 0 bridgehead atoms. The Morgan fingerprint density at radius 1 is 1.38 bits per heavy atom. The molecule has 0 saturated heterocycles. The van der Waals surface area contributed by atoms with Gasteiger partial charge in [-0.15, -0.1) is 0 Å². The highest BCUT2D eigenvalue weighted by Crippen LogP contribution is 2.32. The van der Waals surface area contributed by atoms with Crippen molar-refractivity contribution in [1.29, 1.82) is 0 Å². The zero-order chi connectivity index (χ0) is 18.2. The maximum absolute atomic E-state index is 12.5. The molecule has 0 aliphatic carbocycles. The minimum Gasteiger partial charge on any atom is -0.350 e. The van der Waals surface area contributed by atoms with Gasteiger partial charge in [0.25, 0.3) is 0 Å². The fourth-order valence-corrected chi connectivity index (χ4v) is 4.64. The zero-order valence-corrected chi connectivity index (χ0v) is 16.6. The van der Waals surface area contributed by atoms with Gasteiger partial charge in [-0.3, -0.25) is 4.79 Å². The van der Waals surface area contributed by atoms with Crippen LogP contribution in [-0.4, -0.2) is 39.9 Å². The van der Waals surface area contributed by atoms with Crippen molar-refractivity contribution >= 4 is 23.8 Å². The van der Waals surface area contributed by atoms with Crippen LogP contribution >= 0.6 is 0 Å². The summed E-state index contributed by atoms with van der Waals surface area (Å²) in [4.78, 5) is 12.8. The highest BCUT2D eigenvalue weighted by Gasteiger charge is 2.44. The number of sulfone groups is 1. The number of azo groups is 1. The molecule has 0 aromatic heterocycles. The Kier molecular flexibility index (Phi) is 5.01. The van der Waals surface area contributed by atoms with Crippen LogP contribution in [0.5, 0.6) is 0 Å². The fourth-order valence-electron chi connectivity index (χ4n) is 2.53. The molecule has 0 saturated carbocycles. The molecule has 24 heavy (non-hydrogen) atoms. The van der Waals surface area contributed by atoms with Crippen LogP contribution < -0.4 is 5.32 Å². The lowest BCUT2D eigenvalue weighted by Crippen LogP contribution is -2.45. The van der Waals surface area contributed by atoms with E-state index in [2.05, 4.69) is 35.2 Å². The summed E-state index contributed by atoms with van der Waals surface area (Å²) < 4.78 is 23.2. The molecule has 1 heterocycles. The summed E-state index contributed by atoms with van der Waals surface area (Å²) in [6.45, 7) is 8.73. The van der Waals surface area contributed by atoms with Crippen molar-refractivity contribution in [1.82, 2.24) is 5.32 Å². The molecule has 1 amide bonds. The van der Waals surface area contributed by atoms with Gasteiger partial charge in [0.2, 0.25) is 5.91 Å². The molecule has 1 aromatic carbocycles. The lowest BCUT2D eigenvalue weighted by molar-refractivity contribution is -0.125. The maximum Gasteiger partial charge on any atom is 0.249 e. The van der Waals surface area contributed by atoms with Gasteiger partial charge < -0.3 is 5.32 Å². The number of nitrogens with one attached hydrogen (secondary N) is 1. The van der Waals surface area contributed by atoms with Gasteiger partial charge in [0.15, 0.2) is 15.4 Å². The molecule has 0 spiro atoms. The van der Waals surface area contributed by atoms with E-state index in [-0.39, 0.29) is 23.0 Å². The van der Waals surface area contributed by atoms with Crippen LogP contribution in [0, 0.1) is 0 Å². The molecule has 1 aliphatic rings. The van der Waals surface area contributed by atoms with Crippen LogP contribution in [0.2, 0.25) is 19.6 Å². The minimum atomic E-state index is -3.26. The van der Waals surface area contributed by atoms with E-state index in [0.717, 1.165) is 5.56 Å². The Labute approximate surface area is 144 Å². The number of nitrogens with zero attached hydrogens (tertiary/aromatic N) is 2. The monoisotopic (exact) mass is 367 g/mol. The molecule has 6 nitrogen and oxygen atoms in total. The molecule has 0 fully saturated rings. The average molecular weight is 368 g/mol. The number of amides is 1. The van der Waals surface area contributed by atoms with E-state index in [0.29, 0.717) is 6.42 Å². The summed E-state index contributed by atoms with van der Waals surface area (Å²) in [5.41, 5.74) is 0.0627. The van der Waals surface area contributed by atoms with Gasteiger partial charge in [-0.2, -0.15) is 10.2 Å². The van der Waals surface area contributed by atoms with Crippen molar-refractivity contribution in [3.63, 3.8) is 0 Å². The Morgan fingerprint density at radius 3 is 2.58 bits per heavy atom. The summed E-state index contributed by atoms with van der Waals surface area (Å²) in [6.07, 6.45) is 1.80. The first kappa shape index (κ1) is 18.8. The van der Waals surface area contributed by atoms with Gasteiger partial charge in [0.05, 0.1) is 18.6 Å². The van der Waals surface area contributed by atoms with Gasteiger partial charge in [0, 0.05) is 19.2 Å². The number of hydrogen-bond donors (Lipinski definition) is 1. The Hall–Kier alpha value is -1.54. The van der Waals surface area contributed by atoms with Crippen molar-refractivity contribution in [2.75, 3.05) is 6.26 Å². The van der Waals surface area contributed by atoms with Crippen molar-refractivity contribution in [2.24, 2.45) is 10.2 Å². The van der Waals surface area contributed by atoms with Crippen LogP contribution in [0.1, 0.15) is 18.9 Å². The molecule has 132 valence electrons. The van der Waals surface area contributed by atoms with E-state index in [1.165, 1.54) is 6.26 Å². The number of carbonyl (C=O) groups excluding carboxylic acids is 1. The van der Waals surface area contributed by atoms with Gasteiger partial charge in [0.1, 0.15) is 0 Å². The topological polar surface area (TPSA) is 88.0 Å².